The minimum absolute atomic E-state index is 0.0493. The third-order valence-corrected chi connectivity index (χ3v) is 3.33. The second-order valence-corrected chi connectivity index (χ2v) is 4.76. The monoisotopic (exact) mass is 280 g/mol. The SMILES string of the molecule is CCN1CCOC(COc2cc(N)ccc2C(=O)O)C1. The van der Waals surface area contributed by atoms with Crippen molar-refractivity contribution in [3.8, 4) is 5.75 Å². The van der Waals surface area contributed by atoms with Crippen molar-refractivity contribution in [2.24, 2.45) is 0 Å². The normalized spacial score (nSPS) is 19.8. The van der Waals surface area contributed by atoms with E-state index in [1.54, 1.807) is 6.07 Å². The average molecular weight is 280 g/mol. The lowest BCUT2D eigenvalue weighted by Crippen LogP contribution is -2.44. The van der Waals surface area contributed by atoms with Crippen LogP contribution in [0.4, 0.5) is 5.69 Å². The summed E-state index contributed by atoms with van der Waals surface area (Å²) in [5, 5.41) is 9.11. The molecule has 1 heterocycles. The van der Waals surface area contributed by atoms with Crippen molar-refractivity contribution in [2.45, 2.75) is 13.0 Å². The summed E-state index contributed by atoms with van der Waals surface area (Å²) in [6.07, 6.45) is -0.0493. The summed E-state index contributed by atoms with van der Waals surface area (Å²) in [4.78, 5) is 13.4. The number of nitrogens with zero attached hydrogens (tertiary/aromatic N) is 1. The van der Waals surface area contributed by atoms with Crippen LogP contribution in [0.15, 0.2) is 18.2 Å². The van der Waals surface area contributed by atoms with Gasteiger partial charge in [-0.15, -0.1) is 0 Å². The lowest BCUT2D eigenvalue weighted by atomic mass is 10.2. The highest BCUT2D eigenvalue weighted by Crippen LogP contribution is 2.22. The molecule has 6 heteroatoms. The number of anilines is 1. The standard InChI is InChI=1S/C14H20N2O4/c1-2-16-5-6-19-11(8-16)9-20-13-7-10(15)3-4-12(13)14(17)18/h3-4,7,11H,2,5-6,8-9,15H2,1H3,(H,17,18). The first-order valence-electron chi connectivity index (χ1n) is 6.69. The van der Waals surface area contributed by atoms with Gasteiger partial charge in [-0.05, 0) is 18.7 Å². The van der Waals surface area contributed by atoms with E-state index in [2.05, 4.69) is 11.8 Å². The van der Waals surface area contributed by atoms with E-state index in [0.717, 1.165) is 19.6 Å². The Morgan fingerprint density at radius 3 is 3.10 bits per heavy atom. The first kappa shape index (κ1) is 14.6. The Morgan fingerprint density at radius 2 is 2.40 bits per heavy atom. The molecule has 1 aliphatic heterocycles. The predicted octanol–water partition coefficient (Wildman–Crippen LogP) is 1.07. The Labute approximate surface area is 118 Å². The molecule has 110 valence electrons. The fourth-order valence-electron chi connectivity index (χ4n) is 2.19. The molecular weight excluding hydrogens is 260 g/mol. The molecule has 1 atom stereocenters. The molecule has 1 aromatic carbocycles. The van der Waals surface area contributed by atoms with E-state index in [1.807, 2.05) is 0 Å². The average Bonchev–Trinajstić information content (AvgIpc) is 2.45. The van der Waals surface area contributed by atoms with Gasteiger partial charge in [-0.25, -0.2) is 4.79 Å². The maximum Gasteiger partial charge on any atom is 0.339 e. The third-order valence-electron chi connectivity index (χ3n) is 3.33. The van der Waals surface area contributed by atoms with Crippen LogP contribution in [0.5, 0.6) is 5.75 Å². The van der Waals surface area contributed by atoms with Crippen molar-refractivity contribution in [1.29, 1.82) is 0 Å². The van der Waals surface area contributed by atoms with E-state index in [1.165, 1.54) is 12.1 Å². The zero-order chi connectivity index (χ0) is 14.5. The van der Waals surface area contributed by atoms with Gasteiger partial charge >= 0.3 is 5.97 Å². The van der Waals surface area contributed by atoms with Gasteiger partial charge in [-0.1, -0.05) is 6.92 Å². The molecular formula is C14H20N2O4. The first-order chi connectivity index (χ1) is 9.60. The molecule has 0 spiro atoms. The van der Waals surface area contributed by atoms with Gasteiger partial charge in [0.25, 0.3) is 0 Å². The maximum absolute atomic E-state index is 11.1. The number of nitrogens with two attached hydrogens (primary N) is 1. The highest BCUT2D eigenvalue weighted by Gasteiger charge is 2.21. The number of benzene rings is 1. The molecule has 1 unspecified atom stereocenters. The number of nitrogen functional groups attached to an aromatic ring is 1. The van der Waals surface area contributed by atoms with Crippen molar-refractivity contribution in [2.75, 3.05) is 38.6 Å². The minimum Gasteiger partial charge on any atom is -0.490 e. The Morgan fingerprint density at radius 1 is 1.60 bits per heavy atom. The highest BCUT2D eigenvalue weighted by molar-refractivity contribution is 5.91. The van der Waals surface area contributed by atoms with Crippen LogP contribution >= 0.6 is 0 Å². The molecule has 0 bridgehead atoms. The van der Waals surface area contributed by atoms with E-state index in [4.69, 9.17) is 20.3 Å². The summed E-state index contributed by atoms with van der Waals surface area (Å²) >= 11 is 0. The molecule has 0 aromatic heterocycles. The fraction of sp³-hybridized carbons (Fsp3) is 0.500. The number of hydrogen-bond donors (Lipinski definition) is 2. The predicted molar refractivity (Wildman–Crippen MR) is 75.2 cm³/mol. The summed E-state index contributed by atoms with van der Waals surface area (Å²) in [7, 11) is 0. The lowest BCUT2D eigenvalue weighted by molar-refractivity contribution is -0.0465. The van der Waals surface area contributed by atoms with E-state index >= 15 is 0 Å². The fourth-order valence-corrected chi connectivity index (χ4v) is 2.19. The molecule has 3 N–H and O–H groups in total. The second kappa shape index (κ2) is 6.58. The Balaban J connectivity index is 1.99. The number of carbonyl (C=O) groups is 1. The molecule has 1 aliphatic rings. The van der Waals surface area contributed by atoms with E-state index in [0.29, 0.717) is 18.9 Å². The molecule has 6 nitrogen and oxygen atoms in total. The number of hydrogen-bond acceptors (Lipinski definition) is 5. The molecule has 20 heavy (non-hydrogen) atoms. The van der Waals surface area contributed by atoms with Gasteiger partial charge in [0.05, 0.1) is 6.61 Å². The summed E-state index contributed by atoms with van der Waals surface area (Å²) in [6.45, 7) is 5.78. The van der Waals surface area contributed by atoms with Crippen LogP contribution in [0, 0.1) is 0 Å². The van der Waals surface area contributed by atoms with E-state index < -0.39 is 5.97 Å². The van der Waals surface area contributed by atoms with Gasteiger partial charge in [0, 0.05) is 24.8 Å². The van der Waals surface area contributed by atoms with Crippen LogP contribution < -0.4 is 10.5 Å². The topological polar surface area (TPSA) is 85.0 Å². The molecule has 1 fully saturated rings. The van der Waals surface area contributed by atoms with Crippen molar-refractivity contribution >= 4 is 11.7 Å². The maximum atomic E-state index is 11.1. The largest absolute Gasteiger partial charge is 0.490 e. The summed E-state index contributed by atoms with van der Waals surface area (Å²) in [5.74, 6) is -0.741. The van der Waals surface area contributed by atoms with E-state index in [-0.39, 0.29) is 17.4 Å². The number of ether oxygens (including phenoxy) is 2. The van der Waals surface area contributed by atoms with Gasteiger partial charge in [0.15, 0.2) is 0 Å². The van der Waals surface area contributed by atoms with Gasteiger partial charge < -0.3 is 20.3 Å². The Bertz CT molecular complexity index is 478. The Kier molecular flexibility index (Phi) is 4.81. The molecule has 0 aliphatic carbocycles. The molecule has 1 aromatic rings. The quantitative estimate of drug-likeness (QED) is 0.785. The molecule has 0 radical (unpaired) electrons. The smallest absolute Gasteiger partial charge is 0.339 e. The molecule has 0 saturated carbocycles. The van der Waals surface area contributed by atoms with Crippen LogP contribution in [-0.4, -0.2) is 54.9 Å². The molecule has 1 saturated heterocycles. The van der Waals surface area contributed by atoms with Gasteiger partial charge in [0.1, 0.15) is 24.0 Å². The summed E-state index contributed by atoms with van der Waals surface area (Å²) in [6, 6.07) is 4.53. The van der Waals surface area contributed by atoms with Crippen molar-refractivity contribution in [3.63, 3.8) is 0 Å². The van der Waals surface area contributed by atoms with Crippen LogP contribution in [0.25, 0.3) is 0 Å². The molecule has 0 amide bonds. The van der Waals surface area contributed by atoms with Crippen LogP contribution in [0.2, 0.25) is 0 Å². The zero-order valence-corrected chi connectivity index (χ0v) is 11.5. The lowest BCUT2D eigenvalue weighted by Gasteiger charge is -2.31. The highest BCUT2D eigenvalue weighted by atomic mass is 16.5. The second-order valence-electron chi connectivity index (χ2n) is 4.76. The summed E-state index contributed by atoms with van der Waals surface area (Å²) in [5.41, 5.74) is 6.26. The van der Waals surface area contributed by atoms with Crippen LogP contribution in [0.1, 0.15) is 17.3 Å². The number of aromatic carboxylic acids is 1. The Hall–Kier alpha value is -1.79. The van der Waals surface area contributed by atoms with Gasteiger partial charge in [-0.2, -0.15) is 0 Å². The van der Waals surface area contributed by atoms with Crippen LogP contribution in [-0.2, 0) is 4.74 Å². The number of carboxylic acid groups (broad SMARTS) is 1. The number of rotatable bonds is 5. The number of carboxylic acids is 1. The number of morpholine rings is 1. The van der Waals surface area contributed by atoms with Crippen LogP contribution in [0.3, 0.4) is 0 Å². The van der Waals surface area contributed by atoms with E-state index in [9.17, 15) is 4.79 Å². The van der Waals surface area contributed by atoms with Crippen molar-refractivity contribution in [3.05, 3.63) is 23.8 Å². The van der Waals surface area contributed by atoms with Crippen molar-refractivity contribution in [1.82, 2.24) is 4.90 Å². The minimum atomic E-state index is -1.03. The van der Waals surface area contributed by atoms with Crippen molar-refractivity contribution < 1.29 is 19.4 Å². The van der Waals surface area contributed by atoms with Gasteiger partial charge in [0.2, 0.25) is 0 Å². The third kappa shape index (κ3) is 3.61. The summed E-state index contributed by atoms with van der Waals surface area (Å²) < 4.78 is 11.2. The first-order valence-corrected chi connectivity index (χ1v) is 6.69. The van der Waals surface area contributed by atoms with Gasteiger partial charge in [-0.3, -0.25) is 4.90 Å². The zero-order valence-electron chi connectivity index (χ0n) is 11.5. The number of likely N-dealkylation sites (N-methyl/N-ethyl adjacent to an activating group) is 1. The molecule has 2 rings (SSSR count).